The standard InChI is InChI=1S/C45H27N3S/c1-2-10-30(11-3-1)42-44-43(39-16-8-9-17-41(39)49-44)48-45(47-42)38-25-24-34(35-14-6-7-15-36(35)38)29-20-18-28(19-21-29)31-22-23-37-33-13-5-4-12-32(33)27-46-40(37)26-31/h1-27H. The van der Waals surface area contributed by atoms with Gasteiger partial charge in [0.15, 0.2) is 5.82 Å². The van der Waals surface area contributed by atoms with Crippen molar-refractivity contribution in [2.75, 3.05) is 0 Å². The Hall–Kier alpha value is -6.23. The summed E-state index contributed by atoms with van der Waals surface area (Å²) >= 11 is 1.76. The van der Waals surface area contributed by atoms with Crippen LogP contribution in [0.5, 0.6) is 0 Å². The predicted octanol–water partition coefficient (Wildman–Crippen LogP) is 12.4. The maximum atomic E-state index is 5.27. The third-order valence-electron chi connectivity index (χ3n) is 9.55. The molecule has 0 bridgehead atoms. The van der Waals surface area contributed by atoms with Gasteiger partial charge in [0.25, 0.3) is 0 Å². The molecule has 0 amide bonds. The van der Waals surface area contributed by atoms with Gasteiger partial charge in [0.05, 0.1) is 21.4 Å². The van der Waals surface area contributed by atoms with E-state index in [1.165, 1.54) is 42.9 Å². The van der Waals surface area contributed by atoms with Gasteiger partial charge in [0, 0.05) is 38.2 Å². The summed E-state index contributed by atoms with van der Waals surface area (Å²) in [6.07, 6.45) is 1.97. The van der Waals surface area contributed by atoms with Crippen molar-refractivity contribution < 1.29 is 0 Å². The molecule has 3 nitrogen and oxygen atoms in total. The molecule has 0 radical (unpaired) electrons. The van der Waals surface area contributed by atoms with Crippen LogP contribution in [0.3, 0.4) is 0 Å². The number of nitrogens with zero attached hydrogens (tertiary/aromatic N) is 3. The first-order chi connectivity index (χ1) is 24.3. The monoisotopic (exact) mass is 641 g/mol. The first-order valence-electron chi connectivity index (χ1n) is 16.4. The first-order valence-corrected chi connectivity index (χ1v) is 17.3. The Bertz CT molecular complexity index is 2870. The lowest BCUT2D eigenvalue weighted by molar-refractivity contribution is 1.24. The summed E-state index contributed by atoms with van der Waals surface area (Å²) in [6.45, 7) is 0. The Morgan fingerprint density at radius 3 is 1.92 bits per heavy atom. The highest BCUT2D eigenvalue weighted by atomic mass is 32.1. The van der Waals surface area contributed by atoms with E-state index in [-0.39, 0.29) is 0 Å². The Labute approximate surface area is 286 Å². The van der Waals surface area contributed by atoms with E-state index in [0.29, 0.717) is 0 Å². The number of benzene rings is 7. The molecule has 7 aromatic carbocycles. The Balaban J connectivity index is 1.08. The van der Waals surface area contributed by atoms with Gasteiger partial charge in [-0.2, -0.15) is 0 Å². The molecule has 0 aliphatic carbocycles. The number of hydrogen-bond acceptors (Lipinski definition) is 4. The van der Waals surface area contributed by atoms with Gasteiger partial charge in [-0.1, -0.05) is 140 Å². The molecule has 228 valence electrons. The number of aromatic nitrogens is 3. The molecule has 0 spiro atoms. The van der Waals surface area contributed by atoms with Crippen molar-refractivity contribution in [2.45, 2.75) is 0 Å². The average Bonchev–Trinajstić information content (AvgIpc) is 3.56. The summed E-state index contributed by atoms with van der Waals surface area (Å²) in [5.41, 5.74) is 9.79. The smallest absolute Gasteiger partial charge is 0.161 e. The third-order valence-corrected chi connectivity index (χ3v) is 10.7. The van der Waals surface area contributed by atoms with Crippen LogP contribution in [-0.4, -0.2) is 15.0 Å². The number of hydrogen-bond donors (Lipinski definition) is 0. The zero-order valence-corrected chi connectivity index (χ0v) is 27.2. The molecule has 10 rings (SSSR count). The SMILES string of the molecule is c1ccc(-c2nc(-c3ccc(-c4ccc(-c5ccc6c(c5)ncc5ccccc56)cc4)c4ccccc34)nc3c2sc2ccccc23)cc1. The molecule has 0 N–H and O–H groups in total. The first kappa shape index (κ1) is 27.8. The molecule has 0 saturated heterocycles. The molecule has 0 atom stereocenters. The average molecular weight is 642 g/mol. The second kappa shape index (κ2) is 11.2. The summed E-state index contributed by atoms with van der Waals surface area (Å²) in [6, 6.07) is 55.9. The van der Waals surface area contributed by atoms with Crippen molar-refractivity contribution in [1.82, 2.24) is 15.0 Å². The third kappa shape index (κ3) is 4.61. The van der Waals surface area contributed by atoms with Gasteiger partial charge in [-0.3, -0.25) is 4.98 Å². The van der Waals surface area contributed by atoms with E-state index in [2.05, 4.69) is 152 Å². The van der Waals surface area contributed by atoms with Gasteiger partial charge in [0.2, 0.25) is 0 Å². The Morgan fingerprint density at radius 1 is 0.429 bits per heavy atom. The van der Waals surface area contributed by atoms with Crippen LogP contribution < -0.4 is 0 Å². The van der Waals surface area contributed by atoms with Crippen LogP contribution in [0.15, 0.2) is 164 Å². The highest BCUT2D eigenvalue weighted by molar-refractivity contribution is 7.26. The van der Waals surface area contributed by atoms with E-state index < -0.39 is 0 Å². The van der Waals surface area contributed by atoms with Crippen molar-refractivity contribution in [2.24, 2.45) is 0 Å². The summed E-state index contributed by atoms with van der Waals surface area (Å²) in [5.74, 6) is 0.741. The fourth-order valence-corrected chi connectivity index (χ4v) is 8.28. The van der Waals surface area contributed by atoms with E-state index in [9.17, 15) is 0 Å². The van der Waals surface area contributed by atoms with Crippen molar-refractivity contribution in [1.29, 1.82) is 0 Å². The van der Waals surface area contributed by atoms with Crippen molar-refractivity contribution >= 4 is 64.1 Å². The maximum Gasteiger partial charge on any atom is 0.161 e. The summed E-state index contributed by atoms with van der Waals surface area (Å²) in [4.78, 5) is 15.3. The van der Waals surface area contributed by atoms with Crippen LogP contribution >= 0.6 is 11.3 Å². The summed E-state index contributed by atoms with van der Waals surface area (Å²) < 4.78 is 2.34. The molecule has 49 heavy (non-hydrogen) atoms. The molecule has 4 heteroatoms. The number of rotatable bonds is 4. The molecule has 0 saturated carbocycles. The lowest BCUT2D eigenvalue weighted by atomic mass is 9.93. The van der Waals surface area contributed by atoms with Crippen LogP contribution in [0, 0.1) is 0 Å². The topological polar surface area (TPSA) is 38.7 Å². The van der Waals surface area contributed by atoms with E-state index >= 15 is 0 Å². The molecule has 10 aromatic rings. The lowest BCUT2D eigenvalue weighted by Gasteiger charge is -2.13. The van der Waals surface area contributed by atoms with Gasteiger partial charge < -0.3 is 0 Å². The lowest BCUT2D eigenvalue weighted by Crippen LogP contribution is -1.95. The van der Waals surface area contributed by atoms with E-state index in [0.717, 1.165) is 54.7 Å². The molecule has 0 aliphatic heterocycles. The number of fused-ring (bicyclic) bond motifs is 7. The minimum atomic E-state index is 0.741. The second-order valence-electron chi connectivity index (χ2n) is 12.4. The van der Waals surface area contributed by atoms with E-state index in [1.807, 2.05) is 12.3 Å². The van der Waals surface area contributed by atoms with Gasteiger partial charge in [-0.25, -0.2) is 9.97 Å². The molecule has 0 fully saturated rings. The minimum absolute atomic E-state index is 0.741. The van der Waals surface area contributed by atoms with Crippen LogP contribution in [0.4, 0.5) is 0 Å². The largest absolute Gasteiger partial charge is 0.256 e. The van der Waals surface area contributed by atoms with Crippen molar-refractivity contribution in [3.63, 3.8) is 0 Å². The van der Waals surface area contributed by atoms with Crippen molar-refractivity contribution in [3.8, 4) is 44.9 Å². The van der Waals surface area contributed by atoms with Crippen LogP contribution in [0.25, 0.3) is 97.6 Å². The summed E-state index contributed by atoms with van der Waals surface area (Å²) in [5, 5.41) is 7.05. The molecule has 3 heterocycles. The van der Waals surface area contributed by atoms with Crippen LogP contribution in [-0.2, 0) is 0 Å². The van der Waals surface area contributed by atoms with Crippen molar-refractivity contribution in [3.05, 3.63) is 164 Å². The quantitative estimate of drug-likeness (QED) is 0.180. The van der Waals surface area contributed by atoms with Gasteiger partial charge >= 0.3 is 0 Å². The summed E-state index contributed by atoms with van der Waals surface area (Å²) in [7, 11) is 0. The maximum absolute atomic E-state index is 5.27. The second-order valence-corrected chi connectivity index (χ2v) is 13.5. The highest BCUT2D eigenvalue weighted by Crippen LogP contribution is 2.41. The molecular formula is C45H27N3S. The zero-order valence-electron chi connectivity index (χ0n) is 26.3. The van der Waals surface area contributed by atoms with Crippen LogP contribution in [0.1, 0.15) is 0 Å². The zero-order chi connectivity index (χ0) is 32.3. The molecular weight excluding hydrogens is 615 g/mol. The fraction of sp³-hybridized carbons (Fsp3) is 0. The molecule has 0 unspecified atom stereocenters. The molecule has 3 aromatic heterocycles. The highest BCUT2D eigenvalue weighted by Gasteiger charge is 2.18. The Kier molecular flexibility index (Phi) is 6.36. The normalized spacial score (nSPS) is 11.7. The van der Waals surface area contributed by atoms with E-state index in [4.69, 9.17) is 15.0 Å². The molecule has 0 aliphatic rings. The predicted molar refractivity (Wildman–Crippen MR) is 207 cm³/mol. The minimum Gasteiger partial charge on any atom is -0.256 e. The van der Waals surface area contributed by atoms with Crippen LogP contribution in [0.2, 0.25) is 0 Å². The van der Waals surface area contributed by atoms with Gasteiger partial charge in [-0.05, 0) is 56.6 Å². The van der Waals surface area contributed by atoms with Gasteiger partial charge in [-0.15, -0.1) is 11.3 Å². The van der Waals surface area contributed by atoms with Gasteiger partial charge in [0.1, 0.15) is 0 Å². The van der Waals surface area contributed by atoms with E-state index in [1.54, 1.807) is 11.3 Å². The number of pyridine rings is 1. The fourth-order valence-electron chi connectivity index (χ4n) is 7.13. The number of thiophene rings is 1. The Morgan fingerprint density at radius 2 is 1.08 bits per heavy atom.